The minimum absolute atomic E-state index is 0.0416. The minimum Gasteiger partial charge on any atom is -0.486 e. The highest BCUT2D eigenvalue weighted by atomic mass is 32.1. The van der Waals surface area contributed by atoms with E-state index in [2.05, 4.69) is 34.2 Å². The molecule has 124 valence electrons. The van der Waals surface area contributed by atoms with Gasteiger partial charge in [-0.3, -0.25) is 4.90 Å². The van der Waals surface area contributed by atoms with Crippen LogP contribution in [0.1, 0.15) is 5.69 Å². The van der Waals surface area contributed by atoms with Crippen LogP contribution in [0, 0.1) is 0 Å². The van der Waals surface area contributed by atoms with Crippen molar-refractivity contribution in [3.63, 3.8) is 0 Å². The van der Waals surface area contributed by atoms with Crippen LogP contribution in [-0.2, 0) is 6.54 Å². The molecule has 2 aromatic heterocycles. The fraction of sp³-hybridized carbons (Fsp3) is 0.278. The van der Waals surface area contributed by atoms with Crippen LogP contribution in [0.4, 0.5) is 0 Å². The van der Waals surface area contributed by atoms with Crippen LogP contribution < -0.4 is 9.47 Å². The molecule has 1 atom stereocenters. The van der Waals surface area contributed by atoms with E-state index in [1.54, 1.807) is 22.7 Å². The molecule has 3 heterocycles. The molecule has 1 aromatic carbocycles. The Morgan fingerprint density at radius 1 is 1.21 bits per heavy atom. The summed E-state index contributed by atoms with van der Waals surface area (Å²) in [6.45, 7) is 2.19. The fourth-order valence-electron chi connectivity index (χ4n) is 2.74. The van der Waals surface area contributed by atoms with Gasteiger partial charge in [-0.1, -0.05) is 12.1 Å². The Hall–Kier alpha value is -1.89. The lowest BCUT2D eigenvalue weighted by atomic mass is 10.2. The molecule has 4 nitrogen and oxygen atoms in total. The number of hydrogen-bond donors (Lipinski definition) is 0. The van der Waals surface area contributed by atoms with Gasteiger partial charge in [0.25, 0.3) is 0 Å². The summed E-state index contributed by atoms with van der Waals surface area (Å²) < 4.78 is 11.8. The van der Waals surface area contributed by atoms with Crippen molar-refractivity contribution in [1.82, 2.24) is 9.88 Å². The van der Waals surface area contributed by atoms with E-state index in [9.17, 15) is 0 Å². The maximum atomic E-state index is 6.02. The van der Waals surface area contributed by atoms with E-state index in [1.807, 2.05) is 24.3 Å². The predicted molar refractivity (Wildman–Crippen MR) is 98.1 cm³/mol. The number of hydrogen-bond acceptors (Lipinski definition) is 6. The second-order valence-electron chi connectivity index (χ2n) is 5.85. The van der Waals surface area contributed by atoms with Gasteiger partial charge < -0.3 is 9.47 Å². The average molecular weight is 358 g/mol. The summed E-state index contributed by atoms with van der Waals surface area (Å²) >= 11 is 3.40. The van der Waals surface area contributed by atoms with Crippen molar-refractivity contribution in [3.8, 4) is 22.1 Å². The number of thiazole rings is 1. The summed E-state index contributed by atoms with van der Waals surface area (Å²) in [5, 5.41) is 7.44. The van der Waals surface area contributed by atoms with Crippen molar-refractivity contribution in [3.05, 3.63) is 52.2 Å². The highest BCUT2D eigenvalue weighted by molar-refractivity contribution is 7.14. The first-order valence-electron chi connectivity index (χ1n) is 7.82. The molecule has 1 aliphatic heterocycles. The molecule has 0 N–H and O–H groups in total. The Morgan fingerprint density at radius 2 is 2.08 bits per heavy atom. The molecule has 0 fully saturated rings. The number of para-hydroxylation sites is 2. The quantitative estimate of drug-likeness (QED) is 0.686. The lowest BCUT2D eigenvalue weighted by molar-refractivity contribution is 0.0636. The van der Waals surface area contributed by atoms with Crippen molar-refractivity contribution < 1.29 is 9.47 Å². The number of benzene rings is 1. The Bertz CT molecular complexity index is 801. The van der Waals surface area contributed by atoms with Crippen LogP contribution in [0.2, 0.25) is 0 Å². The van der Waals surface area contributed by atoms with Gasteiger partial charge in [0, 0.05) is 29.4 Å². The van der Waals surface area contributed by atoms with Crippen LogP contribution >= 0.6 is 22.7 Å². The summed E-state index contributed by atoms with van der Waals surface area (Å²) in [6, 6.07) is 9.94. The van der Waals surface area contributed by atoms with E-state index < -0.39 is 0 Å². The third-order valence-electron chi connectivity index (χ3n) is 3.83. The van der Waals surface area contributed by atoms with E-state index in [1.165, 1.54) is 5.56 Å². The maximum absolute atomic E-state index is 6.02. The van der Waals surface area contributed by atoms with Gasteiger partial charge in [0.05, 0.1) is 5.69 Å². The Kier molecular flexibility index (Phi) is 4.51. The zero-order valence-corrected chi connectivity index (χ0v) is 15.0. The van der Waals surface area contributed by atoms with Crippen molar-refractivity contribution >= 4 is 22.7 Å². The van der Waals surface area contributed by atoms with Crippen LogP contribution in [-0.4, -0.2) is 36.2 Å². The second-order valence-corrected chi connectivity index (χ2v) is 7.49. The monoisotopic (exact) mass is 358 g/mol. The Morgan fingerprint density at radius 3 is 2.92 bits per heavy atom. The summed E-state index contributed by atoms with van der Waals surface area (Å²) in [7, 11) is 2.09. The van der Waals surface area contributed by atoms with Gasteiger partial charge in [0.15, 0.2) is 11.5 Å². The average Bonchev–Trinajstić information content (AvgIpc) is 3.26. The molecule has 0 saturated heterocycles. The molecule has 6 heteroatoms. The lowest BCUT2D eigenvalue weighted by Gasteiger charge is -2.29. The largest absolute Gasteiger partial charge is 0.486 e. The molecular formula is C18H18N2O2S2. The predicted octanol–water partition coefficient (Wildman–Crippen LogP) is 4.14. The summed E-state index contributed by atoms with van der Waals surface area (Å²) in [5.41, 5.74) is 2.31. The van der Waals surface area contributed by atoms with E-state index in [0.29, 0.717) is 6.61 Å². The zero-order valence-electron chi connectivity index (χ0n) is 13.3. The summed E-state index contributed by atoms with van der Waals surface area (Å²) in [4.78, 5) is 6.96. The fourth-order valence-corrected chi connectivity index (χ4v) is 4.26. The van der Waals surface area contributed by atoms with Gasteiger partial charge in [-0.25, -0.2) is 4.98 Å². The van der Waals surface area contributed by atoms with E-state index in [-0.39, 0.29) is 6.10 Å². The van der Waals surface area contributed by atoms with Gasteiger partial charge in [-0.2, -0.15) is 11.3 Å². The first-order valence-corrected chi connectivity index (χ1v) is 9.64. The zero-order chi connectivity index (χ0) is 16.4. The van der Waals surface area contributed by atoms with E-state index >= 15 is 0 Å². The maximum Gasteiger partial charge on any atom is 0.161 e. The third kappa shape index (κ3) is 3.45. The van der Waals surface area contributed by atoms with Gasteiger partial charge in [-0.05, 0) is 30.6 Å². The summed E-state index contributed by atoms with van der Waals surface area (Å²) in [5.74, 6) is 1.66. The molecule has 1 aliphatic rings. The van der Waals surface area contributed by atoms with Crippen molar-refractivity contribution in [2.75, 3.05) is 20.2 Å². The molecule has 0 aliphatic carbocycles. The first-order chi connectivity index (χ1) is 11.8. The molecular weight excluding hydrogens is 340 g/mol. The molecule has 0 saturated carbocycles. The van der Waals surface area contributed by atoms with Crippen LogP contribution in [0.25, 0.3) is 10.6 Å². The second kappa shape index (κ2) is 6.93. The number of ether oxygens (including phenoxy) is 2. The molecule has 0 bridgehead atoms. The number of thiophene rings is 1. The van der Waals surface area contributed by atoms with Crippen LogP contribution in [0.5, 0.6) is 11.5 Å². The minimum atomic E-state index is 0.0416. The highest BCUT2D eigenvalue weighted by Crippen LogP contribution is 2.31. The normalized spacial score (nSPS) is 16.5. The molecule has 4 rings (SSSR count). The standard InChI is InChI=1S/C18H18N2O2S2/c1-20(8-14-12-24-18(19-14)13-6-7-23-11-13)9-15-10-21-16-4-2-3-5-17(16)22-15/h2-7,11-12,15H,8-10H2,1H3. The molecule has 0 amide bonds. The third-order valence-corrected chi connectivity index (χ3v) is 5.46. The first kappa shape index (κ1) is 15.6. The number of likely N-dealkylation sites (N-methyl/N-ethyl adjacent to an activating group) is 1. The van der Waals surface area contributed by atoms with Crippen LogP contribution in [0.15, 0.2) is 46.5 Å². The number of fused-ring (bicyclic) bond motifs is 1. The topological polar surface area (TPSA) is 34.6 Å². The number of rotatable bonds is 5. The summed E-state index contributed by atoms with van der Waals surface area (Å²) in [6.07, 6.45) is 0.0416. The van der Waals surface area contributed by atoms with Gasteiger partial charge >= 0.3 is 0 Å². The number of nitrogens with zero attached hydrogens (tertiary/aromatic N) is 2. The molecule has 1 unspecified atom stereocenters. The van der Waals surface area contributed by atoms with Gasteiger partial charge in [-0.15, -0.1) is 11.3 Å². The van der Waals surface area contributed by atoms with Gasteiger partial charge in [0.2, 0.25) is 0 Å². The smallest absolute Gasteiger partial charge is 0.161 e. The molecule has 3 aromatic rings. The van der Waals surface area contributed by atoms with E-state index in [4.69, 9.17) is 14.5 Å². The van der Waals surface area contributed by atoms with Gasteiger partial charge in [0.1, 0.15) is 17.7 Å². The van der Waals surface area contributed by atoms with Crippen LogP contribution in [0.3, 0.4) is 0 Å². The molecule has 0 spiro atoms. The van der Waals surface area contributed by atoms with Crippen molar-refractivity contribution in [1.29, 1.82) is 0 Å². The van der Waals surface area contributed by atoms with Crippen molar-refractivity contribution in [2.45, 2.75) is 12.6 Å². The highest BCUT2D eigenvalue weighted by Gasteiger charge is 2.22. The lowest BCUT2D eigenvalue weighted by Crippen LogP contribution is -2.39. The molecule has 24 heavy (non-hydrogen) atoms. The molecule has 0 radical (unpaired) electrons. The Labute approximate surface area is 149 Å². The van der Waals surface area contributed by atoms with Crippen molar-refractivity contribution in [2.24, 2.45) is 0 Å². The number of aromatic nitrogens is 1. The van der Waals surface area contributed by atoms with E-state index in [0.717, 1.165) is 35.3 Å². The Balaban J connectivity index is 1.35. The SMILES string of the molecule is CN(Cc1csc(-c2ccsc2)n1)CC1COc2ccccc2O1.